The maximum Gasteiger partial charge on any atom is 0.305 e. The van der Waals surface area contributed by atoms with E-state index in [4.69, 9.17) is 28.5 Å². The lowest BCUT2D eigenvalue weighted by Gasteiger charge is -2.30. The average molecular weight is 916 g/mol. The summed E-state index contributed by atoms with van der Waals surface area (Å²) >= 11 is 0. The highest BCUT2D eigenvalue weighted by atomic mass is 32.2. The molecule has 2 atom stereocenters. The summed E-state index contributed by atoms with van der Waals surface area (Å²) < 4.78 is 130. The molecule has 1 aromatic rings. The molecule has 0 radical (unpaired) electrons. The van der Waals surface area contributed by atoms with E-state index in [1.165, 1.54) is 18.4 Å². The molecule has 0 fully saturated rings. The van der Waals surface area contributed by atoms with Crippen LogP contribution in [0.3, 0.4) is 0 Å². The number of benzene rings is 2. The molecule has 0 saturated carbocycles. The maximum atomic E-state index is 12.3. The third kappa shape index (κ3) is 15.1. The number of carboxylic acid groups (broad SMARTS) is 1. The molecule has 338 valence electrons. The van der Waals surface area contributed by atoms with Crippen LogP contribution in [0.1, 0.15) is 50.7 Å². The molecule has 4 rings (SSSR count). The Morgan fingerprint density at radius 1 is 0.885 bits per heavy atom. The van der Waals surface area contributed by atoms with Gasteiger partial charge < -0.3 is 33.4 Å². The molecule has 3 aliphatic rings. The minimum absolute atomic E-state index is 0.0157. The third-order valence-corrected chi connectivity index (χ3v) is 12.5. The van der Waals surface area contributed by atoms with Crippen molar-refractivity contribution in [3.05, 3.63) is 83.1 Å². The summed E-state index contributed by atoms with van der Waals surface area (Å²) in [6, 6.07) is 11.3. The number of nitrogens with zero attached hydrogens (tertiary/aromatic N) is 2. The standard InChI is InChI=1S/C40H54N2O16S3/c1-30(29-57-22-21-54-3)41(16-6-26-60(48,49)50)32-9-11-34-31(13-19-58-37(34)27-32)7-4-8-38-40(2,15-5-25-59(45,46)47)35-28-33(61(51,52)53)10-12-36(35)42(38)17-20-56-24-23-55-18-14-39(43)44/h4,7-13,19,27-28,30H,5-6,14-18,20-26,29H2,1-3H3,(H3-,43,44,45,46,47,48,49,50,51,52,53)/p+1. The van der Waals surface area contributed by atoms with Crippen LogP contribution in [0.25, 0.3) is 17.4 Å². The zero-order chi connectivity index (χ0) is 44.8. The first-order valence-corrected chi connectivity index (χ1v) is 24.1. The number of ether oxygens (including phenoxy) is 4. The molecular weight excluding hydrogens is 861 g/mol. The fourth-order valence-electron chi connectivity index (χ4n) is 7.13. The Labute approximate surface area is 356 Å². The lowest BCUT2D eigenvalue weighted by Crippen LogP contribution is -2.41. The van der Waals surface area contributed by atoms with Gasteiger partial charge in [-0.2, -0.15) is 25.3 Å². The Bertz CT molecular complexity index is 2390. The molecule has 0 spiro atoms. The second-order valence-electron chi connectivity index (χ2n) is 14.6. The van der Waals surface area contributed by atoms with Crippen LogP contribution in [0.2, 0.25) is 0 Å². The molecule has 2 unspecified atom stereocenters. The zero-order valence-electron chi connectivity index (χ0n) is 34.3. The average Bonchev–Trinajstić information content (AvgIpc) is 3.40. The molecule has 0 amide bonds. The molecule has 18 nitrogen and oxygen atoms in total. The molecule has 2 heterocycles. The number of anilines is 1. The molecule has 2 aliphatic heterocycles. The zero-order valence-corrected chi connectivity index (χ0v) is 36.8. The highest BCUT2D eigenvalue weighted by molar-refractivity contribution is 7.86. The minimum atomic E-state index is -4.62. The van der Waals surface area contributed by atoms with Gasteiger partial charge in [0, 0.05) is 48.5 Å². The van der Waals surface area contributed by atoms with Crippen LogP contribution in [-0.4, -0.2) is 134 Å². The smallest absolute Gasteiger partial charge is 0.305 e. The number of aliphatic carboxylic acids is 1. The molecule has 1 aromatic carbocycles. The van der Waals surface area contributed by atoms with Crippen LogP contribution in [0.5, 0.6) is 0 Å². The van der Waals surface area contributed by atoms with Crippen molar-refractivity contribution >= 4 is 48.1 Å². The van der Waals surface area contributed by atoms with Gasteiger partial charge in [-0.25, -0.2) is 4.58 Å². The molecule has 21 heteroatoms. The van der Waals surface area contributed by atoms with Crippen molar-refractivity contribution in [2.24, 2.45) is 0 Å². The Morgan fingerprint density at radius 3 is 2.25 bits per heavy atom. The van der Waals surface area contributed by atoms with E-state index in [0.29, 0.717) is 49.1 Å². The Kier molecular flexibility index (Phi) is 18.2. The van der Waals surface area contributed by atoms with Gasteiger partial charge in [0.2, 0.25) is 5.36 Å². The van der Waals surface area contributed by atoms with Crippen molar-refractivity contribution in [3.63, 3.8) is 0 Å². The first kappa shape index (κ1) is 49.6. The first-order chi connectivity index (χ1) is 28.7. The number of carbonyl (C=O) groups is 1. The number of methoxy groups -OCH3 is 1. The lowest BCUT2D eigenvalue weighted by molar-refractivity contribution is -0.138. The Morgan fingerprint density at radius 2 is 1.57 bits per heavy atom. The molecule has 0 aromatic heterocycles. The molecule has 1 aliphatic carbocycles. The first-order valence-electron chi connectivity index (χ1n) is 19.5. The SMILES string of the molecule is COCCOCC(C)[N+](CCCS(=O)(=O)O)=c1ccc2c(C=CC=C3N(CCOCCOCCC(=O)O)c4ccc(S(=O)(=O)O)cc4C3(C)CCCS(=O)(=O)O)ccoc-2c1. The highest BCUT2D eigenvalue weighted by Gasteiger charge is 2.43. The summed E-state index contributed by atoms with van der Waals surface area (Å²) in [4.78, 5) is 12.3. The van der Waals surface area contributed by atoms with Crippen LogP contribution < -0.4 is 14.8 Å². The monoisotopic (exact) mass is 915 g/mol. The van der Waals surface area contributed by atoms with E-state index in [1.54, 1.807) is 25.3 Å². The van der Waals surface area contributed by atoms with Gasteiger partial charge in [0.05, 0.1) is 74.8 Å². The number of hydrogen-bond acceptors (Lipinski definition) is 13. The van der Waals surface area contributed by atoms with Crippen molar-refractivity contribution in [1.29, 1.82) is 0 Å². The van der Waals surface area contributed by atoms with Crippen LogP contribution in [0.4, 0.5) is 5.69 Å². The maximum absolute atomic E-state index is 12.3. The summed E-state index contributed by atoms with van der Waals surface area (Å²) in [5.41, 5.74) is 2.23. The fraction of sp³-hybridized carbons (Fsp3) is 0.500. The lowest BCUT2D eigenvalue weighted by atomic mass is 9.77. The van der Waals surface area contributed by atoms with Gasteiger partial charge in [-0.15, -0.1) is 0 Å². The quantitative estimate of drug-likeness (QED) is 0.0510. The molecule has 0 saturated heterocycles. The van der Waals surface area contributed by atoms with Crippen molar-refractivity contribution in [3.8, 4) is 11.3 Å². The Hall–Kier alpha value is -4.03. The van der Waals surface area contributed by atoms with Gasteiger partial charge in [-0.05, 0) is 74.2 Å². The number of carboxylic acids is 1. The van der Waals surface area contributed by atoms with Gasteiger partial charge in [-0.1, -0.05) is 12.2 Å². The van der Waals surface area contributed by atoms with E-state index in [1.807, 2.05) is 53.7 Å². The largest absolute Gasteiger partial charge is 0.481 e. The van der Waals surface area contributed by atoms with E-state index in [2.05, 4.69) is 0 Å². The summed E-state index contributed by atoms with van der Waals surface area (Å²) in [7, 11) is -11.5. The van der Waals surface area contributed by atoms with Gasteiger partial charge in [-0.3, -0.25) is 18.5 Å². The summed E-state index contributed by atoms with van der Waals surface area (Å²) in [6.07, 6.45) is 7.17. The van der Waals surface area contributed by atoms with E-state index in [-0.39, 0.29) is 69.6 Å². The highest BCUT2D eigenvalue weighted by Crippen LogP contribution is 2.51. The van der Waals surface area contributed by atoms with E-state index >= 15 is 0 Å². The third-order valence-electron chi connectivity index (χ3n) is 10.1. The fourth-order valence-corrected chi connectivity index (χ4v) is 8.64. The number of fused-ring (bicyclic) bond motifs is 2. The normalized spacial score (nSPS) is 17.7. The van der Waals surface area contributed by atoms with Gasteiger partial charge in [0.15, 0.2) is 6.04 Å². The molecule has 61 heavy (non-hydrogen) atoms. The van der Waals surface area contributed by atoms with Crippen LogP contribution in [0.15, 0.2) is 75.9 Å². The predicted molar refractivity (Wildman–Crippen MR) is 226 cm³/mol. The van der Waals surface area contributed by atoms with Crippen molar-refractivity contribution < 1.29 is 72.2 Å². The van der Waals surface area contributed by atoms with Crippen molar-refractivity contribution in [2.75, 3.05) is 82.9 Å². The number of allylic oxidation sites excluding steroid dienone is 3. The number of hydrogen-bond donors (Lipinski definition) is 4. The molecule has 4 N–H and O–H groups in total. The van der Waals surface area contributed by atoms with E-state index in [9.17, 15) is 43.7 Å². The van der Waals surface area contributed by atoms with Crippen LogP contribution in [-0.2, 0) is 59.5 Å². The van der Waals surface area contributed by atoms with Crippen LogP contribution in [0, 0.1) is 0 Å². The summed E-state index contributed by atoms with van der Waals surface area (Å²) in [5.74, 6) is -1.41. The van der Waals surface area contributed by atoms with E-state index in [0.717, 1.165) is 16.5 Å². The summed E-state index contributed by atoms with van der Waals surface area (Å²) in [5, 5.41) is 9.56. The summed E-state index contributed by atoms with van der Waals surface area (Å²) in [6.45, 7) is 5.95. The van der Waals surface area contributed by atoms with Crippen molar-refractivity contribution in [2.45, 2.75) is 55.9 Å². The van der Waals surface area contributed by atoms with E-state index < -0.39 is 53.2 Å². The van der Waals surface area contributed by atoms with Gasteiger partial charge in [0.1, 0.15) is 18.9 Å². The predicted octanol–water partition coefficient (Wildman–Crippen LogP) is 3.58. The van der Waals surface area contributed by atoms with Gasteiger partial charge in [0.25, 0.3) is 30.4 Å². The van der Waals surface area contributed by atoms with Gasteiger partial charge >= 0.3 is 5.97 Å². The number of rotatable bonds is 26. The van der Waals surface area contributed by atoms with Crippen LogP contribution >= 0.6 is 0 Å². The second-order valence-corrected chi connectivity index (χ2v) is 19.2. The topological polar surface area (TPSA) is 257 Å². The second kappa shape index (κ2) is 22.4. The Balaban J connectivity index is 1.73. The molecule has 0 bridgehead atoms. The minimum Gasteiger partial charge on any atom is -0.481 e. The molecular formula is C40H55N2O16S3+. The van der Waals surface area contributed by atoms with Crippen molar-refractivity contribution in [1.82, 2.24) is 4.58 Å².